The van der Waals surface area contributed by atoms with E-state index in [2.05, 4.69) is 72.8 Å². The summed E-state index contributed by atoms with van der Waals surface area (Å²) in [5, 5.41) is 50.7. The lowest BCUT2D eigenvalue weighted by molar-refractivity contribution is -0.148. The summed E-state index contributed by atoms with van der Waals surface area (Å²) in [4.78, 5) is 16.8. The Labute approximate surface area is 271 Å². The van der Waals surface area contributed by atoms with E-state index in [-0.39, 0.29) is 17.9 Å². The lowest BCUT2D eigenvalue weighted by Gasteiger charge is -2.25. The first-order chi connectivity index (χ1) is 22.1. The van der Waals surface area contributed by atoms with Crippen LogP contribution in [-0.2, 0) is 16.6 Å². The van der Waals surface area contributed by atoms with Gasteiger partial charge in [-0.15, -0.1) is 0 Å². The molecule has 1 heterocycles. The molecule has 46 heavy (non-hydrogen) atoms. The number of ether oxygens (including phenoxy) is 1. The molecule has 3 aromatic rings. The molecule has 0 bridgehead atoms. The first-order valence-electron chi connectivity index (χ1n) is 16.5. The van der Waals surface area contributed by atoms with Gasteiger partial charge in [-0.2, -0.15) is 0 Å². The van der Waals surface area contributed by atoms with Gasteiger partial charge in [0.25, 0.3) is 5.91 Å². The number of aromatic nitrogens is 1. The number of carbonyl (C=O) groups excluding carboxylic acids is 1. The van der Waals surface area contributed by atoms with Crippen molar-refractivity contribution in [1.82, 2.24) is 10.3 Å². The zero-order valence-corrected chi connectivity index (χ0v) is 26.8. The predicted octanol–water partition coefficient (Wildman–Crippen LogP) is 3.70. The normalized spacial score (nSPS) is 18.7. The highest BCUT2D eigenvalue weighted by molar-refractivity contribution is 5.81. The zero-order chi connectivity index (χ0) is 32.8. The van der Waals surface area contributed by atoms with Crippen LogP contribution in [-0.4, -0.2) is 80.1 Å². The van der Waals surface area contributed by atoms with Crippen molar-refractivity contribution in [1.29, 1.82) is 0 Å². The molecule has 0 radical (unpaired) electrons. The number of aliphatic hydroxyl groups excluding tert-OH is 5. The van der Waals surface area contributed by atoms with Crippen LogP contribution in [0.2, 0.25) is 0 Å². The number of nitrogens with zero attached hydrogens (tertiary/aromatic N) is 1. The zero-order valence-electron chi connectivity index (χ0n) is 26.8. The first kappa shape index (κ1) is 34.0. The van der Waals surface area contributed by atoms with Gasteiger partial charge in [-0.1, -0.05) is 43.3 Å². The van der Waals surface area contributed by atoms with Crippen LogP contribution in [0.3, 0.4) is 0 Å². The molecule has 5 rings (SSSR count). The van der Waals surface area contributed by atoms with Crippen molar-refractivity contribution in [2.45, 2.75) is 107 Å². The van der Waals surface area contributed by atoms with Gasteiger partial charge in [0.2, 0.25) is 0 Å². The van der Waals surface area contributed by atoms with Crippen LogP contribution < -0.4 is 10.1 Å². The Morgan fingerprint density at radius 2 is 1.80 bits per heavy atom. The fourth-order valence-corrected chi connectivity index (χ4v) is 6.22. The Morgan fingerprint density at radius 3 is 2.52 bits per heavy atom. The van der Waals surface area contributed by atoms with Gasteiger partial charge in [0.1, 0.15) is 24.1 Å². The Kier molecular flexibility index (Phi) is 11.1. The van der Waals surface area contributed by atoms with E-state index in [4.69, 9.17) is 9.84 Å². The van der Waals surface area contributed by atoms with E-state index in [0.29, 0.717) is 12.5 Å². The monoisotopic (exact) mass is 632 g/mol. The van der Waals surface area contributed by atoms with Crippen LogP contribution in [0.5, 0.6) is 5.75 Å². The second-order valence-corrected chi connectivity index (χ2v) is 13.2. The van der Waals surface area contributed by atoms with Gasteiger partial charge in [-0.05, 0) is 110 Å². The molecular formula is C37H48N2O7. The summed E-state index contributed by atoms with van der Waals surface area (Å²) in [5.41, 5.74) is 7.62. The highest BCUT2D eigenvalue weighted by Gasteiger charge is 2.45. The van der Waals surface area contributed by atoms with E-state index < -0.39 is 36.9 Å². The standard InChI is InChI=1S/C37H48N2O7/c1-23(6-5-18-39-36(45)35(44)34(43)33(42)31(41)22-40)25-10-9-24(2)26(20-25)13-15-37(16-17-37)30-21-38-19-14-28(30)29-7-3-4-8-32(29)46-27-11-12-27/h3-4,7-10,14,19-21,23,27,31,33-35,40-44H,5-6,11-13,15-18,22H2,1-2H3,(H,39,45)/t23?,31-,33+,34-,35-/m0/s1. The molecule has 2 fully saturated rings. The molecule has 1 amide bonds. The van der Waals surface area contributed by atoms with Crippen LogP contribution in [0.4, 0.5) is 0 Å². The minimum absolute atomic E-state index is 0.104. The molecule has 2 saturated carbocycles. The summed E-state index contributed by atoms with van der Waals surface area (Å²) in [5.74, 6) is 0.360. The highest BCUT2D eigenvalue weighted by Crippen LogP contribution is 2.55. The van der Waals surface area contributed by atoms with Gasteiger partial charge in [-0.25, -0.2) is 0 Å². The smallest absolute Gasteiger partial charge is 0.251 e. The number of para-hydroxylation sites is 1. The molecule has 9 nitrogen and oxygen atoms in total. The third-order valence-electron chi connectivity index (χ3n) is 9.69. The predicted molar refractivity (Wildman–Crippen MR) is 176 cm³/mol. The van der Waals surface area contributed by atoms with Crippen LogP contribution >= 0.6 is 0 Å². The van der Waals surface area contributed by atoms with Gasteiger partial charge in [0.15, 0.2) is 6.10 Å². The first-order valence-corrected chi connectivity index (χ1v) is 16.5. The number of benzene rings is 2. The Bertz CT molecular complexity index is 1470. The lowest BCUT2D eigenvalue weighted by Crippen LogP contribution is -2.51. The van der Waals surface area contributed by atoms with Crippen LogP contribution in [0, 0.1) is 6.92 Å². The van der Waals surface area contributed by atoms with Crippen molar-refractivity contribution in [3.63, 3.8) is 0 Å². The summed E-state index contributed by atoms with van der Waals surface area (Å²) in [7, 11) is 0. The van der Waals surface area contributed by atoms with Gasteiger partial charge >= 0.3 is 0 Å². The largest absolute Gasteiger partial charge is 0.490 e. The van der Waals surface area contributed by atoms with E-state index in [0.717, 1.165) is 56.3 Å². The van der Waals surface area contributed by atoms with Gasteiger partial charge < -0.3 is 35.6 Å². The summed E-state index contributed by atoms with van der Waals surface area (Å²) in [6.07, 6.45) is 4.93. The molecule has 248 valence electrons. The lowest BCUT2D eigenvalue weighted by atomic mass is 9.84. The van der Waals surface area contributed by atoms with Crippen LogP contribution in [0.25, 0.3) is 11.1 Å². The third kappa shape index (κ3) is 8.14. The fraction of sp³-hybridized carbons (Fsp3) is 0.514. The molecule has 5 atom stereocenters. The van der Waals surface area contributed by atoms with Gasteiger partial charge in [0, 0.05) is 24.5 Å². The molecule has 1 unspecified atom stereocenters. The molecule has 2 aromatic carbocycles. The molecule has 2 aliphatic rings. The number of pyridine rings is 1. The van der Waals surface area contributed by atoms with Crippen molar-refractivity contribution in [3.05, 3.63) is 83.2 Å². The number of rotatable bonds is 17. The van der Waals surface area contributed by atoms with Crippen molar-refractivity contribution in [3.8, 4) is 16.9 Å². The average Bonchev–Trinajstić information content (AvgIpc) is 4.02. The fourth-order valence-electron chi connectivity index (χ4n) is 6.22. The van der Waals surface area contributed by atoms with E-state index >= 15 is 0 Å². The molecule has 9 heteroatoms. The van der Waals surface area contributed by atoms with Gasteiger partial charge in [0.05, 0.1) is 12.7 Å². The topological polar surface area (TPSA) is 152 Å². The second kappa shape index (κ2) is 15.0. The van der Waals surface area contributed by atoms with E-state index in [1.165, 1.54) is 27.8 Å². The summed E-state index contributed by atoms with van der Waals surface area (Å²) in [6.45, 7) is 3.81. The number of hydrogen-bond donors (Lipinski definition) is 6. The van der Waals surface area contributed by atoms with E-state index in [1.807, 2.05) is 12.3 Å². The van der Waals surface area contributed by atoms with Gasteiger partial charge in [-0.3, -0.25) is 9.78 Å². The number of hydrogen-bond acceptors (Lipinski definition) is 8. The van der Waals surface area contributed by atoms with Crippen molar-refractivity contribution in [2.75, 3.05) is 13.2 Å². The molecule has 1 aromatic heterocycles. The maximum Gasteiger partial charge on any atom is 0.251 e. The number of carbonyl (C=O) groups is 1. The molecule has 0 spiro atoms. The van der Waals surface area contributed by atoms with Crippen molar-refractivity contribution in [2.24, 2.45) is 0 Å². The molecule has 6 N–H and O–H groups in total. The van der Waals surface area contributed by atoms with Crippen LogP contribution in [0.15, 0.2) is 60.9 Å². The van der Waals surface area contributed by atoms with Crippen molar-refractivity contribution >= 4 is 5.91 Å². The number of amides is 1. The maximum absolute atomic E-state index is 12.2. The molecule has 0 saturated heterocycles. The maximum atomic E-state index is 12.2. The minimum Gasteiger partial charge on any atom is -0.490 e. The number of nitrogens with one attached hydrogen (secondary N) is 1. The average molecular weight is 633 g/mol. The summed E-state index contributed by atoms with van der Waals surface area (Å²) in [6, 6.07) is 17.2. The van der Waals surface area contributed by atoms with Crippen molar-refractivity contribution < 1.29 is 35.1 Å². The van der Waals surface area contributed by atoms with Crippen LogP contribution in [0.1, 0.15) is 80.0 Å². The Morgan fingerprint density at radius 1 is 1.04 bits per heavy atom. The molecular weight excluding hydrogens is 584 g/mol. The molecule has 2 aliphatic carbocycles. The van der Waals surface area contributed by atoms with E-state index in [1.54, 1.807) is 0 Å². The molecule has 0 aliphatic heterocycles. The summed E-state index contributed by atoms with van der Waals surface area (Å²) >= 11 is 0. The van der Waals surface area contributed by atoms with E-state index in [9.17, 15) is 25.2 Å². The minimum atomic E-state index is -1.92. The Hall–Kier alpha value is -3.34. The SMILES string of the molecule is Cc1ccc(C(C)CCCNC(=O)[C@@H](O)[C@@H](O)[C@H](O)[C@@H](O)CO)cc1CCC1(c2cnccc2-c2ccccc2OC2CC2)CC1. The third-order valence-corrected chi connectivity index (χ3v) is 9.69. The number of aryl methyl sites for hydroxylation is 2. The summed E-state index contributed by atoms with van der Waals surface area (Å²) < 4.78 is 6.28. The highest BCUT2D eigenvalue weighted by atomic mass is 16.5. The quantitative estimate of drug-likeness (QED) is 0.123. The Balaban J connectivity index is 1.17. The second-order valence-electron chi connectivity index (χ2n) is 13.2. The number of aliphatic hydroxyl groups is 5.